The molecule has 1 aliphatic rings. The lowest BCUT2D eigenvalue weighted by Gasteiger charge is -2.33. The molecule has 4 nitrogen and oxygen atoms in total. The summed E-state index contributed by atoms with van der Waals surface area (Å²) in [6.07, 6.45) is 3.44. The van der Waals surface area contributed by atoms with Crippen LogP contribution in [0.5, 0.6) is 0 Å². The maximum Gasteiger partial charge on any atom is 0.233 e. The summed E-state index contributed by atoms with van der Waals surface area (Å²) in [6, 6.07) is 0.587. The van der Waals surface area contributed by atoms with Gasteiger partial charge < -0.3 is 10.6 Å². The maximum atomic E-state index is 11.4. The van der Waals surface area contributed by atoms with Gasteiger partial charge in [-0.25, -0.2) is 0 Å². The van der Waals surface area contributed by atoms with Crippen LogP contribution >= 0.6 is 0 Å². The SMILES string of the molecule is CCCN(CC(=O)NC)C1CCNCC1. The second kappa shape index (κ2) is 6.80. The van der Waals surface area contributed by atoms with Gasteiger partial charge in [-0.3, -0.25) is 9.69 Å². The van der Waals surface area contributed by atoms with Gasteiger partial charge in [0.2, 0.25) is 5.91 Å². The third kappa shape index (κ3) is 4.18. The Morgan fingerprint density at radius 1 is 1.47 bits per heavy atom. The Bertz CT molecular complexity index is 190. The molecule has 1 heterocycles. The van der Waals surface area contributed by atoms with Crippen LogP contribution in [0.1, 0.15) is 26.2 Å². The molecule has 2 N–H and O–H groups in total. The molecule has 0 aromatic heterocycles. The smallest absolute Gasteiger partial charge is 0.233 e. The highest BCUT2D eigenvalue weighted by Gasteiger charge is 2.21. The van der Waals surface area contributed by atoms with Gasteiger partial charge >= 0.3 is 0 Å². The van der Waals surface area contributed by atoms with Crippen LogP contribution in [-0.4, -0.2) is 50.1 Å². The third-order valence-corrected chi connectivity index (χ3v) is 2.96. The van der Waals surface area contributed by atoms with Gasteiger partial charge in [0.05, 0.1) is 6.54 Å². The second-order valence-corrected chi connectivity index (χ2v) is 4.12. The lowest BCUT2D eigenvalue weighted by atomic mass is 10.0. The van der Waals surface area contributed by atoms with Crippen molar-refractivity contribution < 1.29 is 4.79 Å². The fraction of sp³-hybridized carbons (Fsp3) is 0.909. The van der Waals surface area contributed by atoms with E-state index < -0.39 is 0 Å². The standard InChI is InChI=1S/C11H23N3O/c1-3-8-14(9-11(15)12-2)10-4-6-13-7-5-10/h10,13H,3-9H2,1-2H3,(H,12,15). The zero-order valence-corrected chi connectivity index (χ0v) is 9.88. The van der Waals surface area contributed by atoms with Gasteiger partial charge in [-0.15, -0.1) is 0 Å². The Balaban J connectivity index is 2.43. The zero-order valence-electron chi connectivity index (χ0n) is 9.88. The first-order chi connectivity index (χ1) is 7.27. The molecule has 4 heteroatoms. The Morgan fingerprint density at radius 2 is 2.13 bits per heavy atom. The van der Waals surface area contributed by atoms with Crippen molar-refractivity contribution in [2.45, 2.75) is 32.2 Å². The lowest BCUT2D eigenvalue weighted by Crippen LogP contribution is -2.47. The van der Waals surface area contributed by atoms with Crippen LogP contribution < -0.4 is 10.6 Å². The molecule has 0 aromatic carbocycles. The fourth-order valence-electron chi connectivity index (χ4n) is 2.11. The van der Waals surface area contributed by atoms with Gasteiger partial charge in [0.15, 0.2) is 0 Å². The summed E-state index contributed by atoms with van der Waals surface area (Å²) in [6.45, 7) is 5.91. The number of hydrogen-bond donors (Lipinski definition) is 2. The van der Waals surface area contributed by atoms with Crippen molar-refractivity contribution in [1.82, 2.24) is 15.5 Å². The summed E-state index contributed by atoms with van der Waals surface area (Å²) in [5.41, 5.74) is 0. The maximum absolute atomic E-state index is 11.4. The van der Waals surface area contributed by atoms with Gasteiger partial charge in [-0.1, -0.05) is 6.92 Å². The minimum Gasteiger partial charge on any atom is -0.358 e. The molecule has 0 bridgehead atoms. The minimum atomic E-state index is 0.127. The van der Waals surface area contributed by atoms with Gasteiger partial charge in [-0.2, -0.15) is 0 Å². The highest BCUT2D eigenvalue weighted by atomic mass is 16.1. The molecule has 0 radical (unpaired) electrons. The summed E-state index contributed by atoms with van der Waals surface area (Å²) >= 11 is 0. The van der Waals surface area contributed by atoms with Crippen LogP contribution in [0.25, 0.3) is 0 Å². The van der Waals surface area contributed by atoms with Crippen LogP contribution in [0.4, 0.5) is 0 Å². The van der Waals surface area contributed by atoms with E-state index in [1.165, 1.54) is 0 Å². The van der Waals surface area contributed by atoms with E-state index in [4.69, 9.17) is 0 Å². The number of nitrogens with zero attached hydrogens (tertiary/aromatic N) is 1. The number of likely N-dealkylation sites (N-methyl/N-ethyl adjacent to an activating group) is 1. The van der Waals surface area contributed by atoms with Crippen LogP contribution in [0.2, 0.25) is 0 Å². The quantitative estimate of drug-likeness (QED) is 0.685. The van der Waals surface area contributed by atoms with E-state index in [2.05, 4.69) is 22.5 Å². The first-order valence-electron chi connectivity index (χ1n) is 5.93. The van der Waals surface area contributed by atoms with Crippen molar-refractivity contribution in [2.24, 2.45) is 0 Å². The highest BCUT2D eigenvalue weighted by molar-refractivity contribution is 5.77. The number of carbonyl (C=O) groups excluding carboxylic acids is 1. The number of carbonyl (C=O) groups is 1. The first-order valence-corrected chi connectivity index (χ1v) is 5.93. The topological polar surface area (TPSA) is 44.4 Å². The van der Waals surface area contributed by atoms with Crippen LogP contribution in [0.3, 0.4) is 0 Å². The number of nitrogens with one attached hydrogen (secondary N) is 2. The summed E-state index contributed by atoms with van der Waals surface area (Å²) in [5.74, 6) is 0.127. The molecule has 0 saturated carbocycles. The van der Waals surface area contributed by atoms with Crippen LogP contribution in [-0.2, 0) is 4.79 Å². The third-order valence-electron chi connectivity index (χ3n) is 2.96. The first kappa shape index (κ1) is 12.5. The van der Waals surface area contributed by atoms with Crippen molar-refractivity contribution in [3.05, 3.63) is 0 Å². The predicted molar refractivity (Wildman–Crippen MR) is 61.8 cm³/mol. The van der Waals surface area contributed by atoms with Crippen molar-refractivity contribution in [3.63, 3.8) is 0 Å². The number of piperidine rings is 1. The molecule has 0 atom stereocenters. The Hall–Kier alpha value is -0.610. The minimum absolute atomic E-state index is 0.127. The van der Waals surface area contributed by atoms with Crippen molar-refractivity contribution in [1.29, 1.82) is 0 Å². The fourth-order valence-corrected chi connectivity index (χ4v) is 2.11. The lowest BCUT2D eigenvalue weighted by molar-refractivity contribution is -0.122. The molecule has 1 fully saturated rings. The Labute approximate surface area is 92.4 Å². The molecule has 15 heavy (non-hydrogen) atoms. The molecule has 1 amide bonds. The summed E-state index contributed by atoms with van der Waals surface area (Å²) in [4.78, 5) is 13.7. The van der Waals surface area contributed by atoms with E-state index in [0.29, 0.717) is 12.6 Å². The molecule has 1 aliphatic heterocycles. The molecule has 0 unspecified atom stereocenters. The second-order valence-electron chi connectivity index (χ2n) is 4.12. The van der Waals surface area contributed by atoms with Crippen molar-refractivity contribution >= 4 is 5.91 Å². The molecule has 1 saturated heterocycles. The highest BCUT2D eigenvalue weighted by Crippen LogP contribution is 2.11. The van der Waals surface area contributed by atoms with Crippen molar-refractivity contribution in [3.8, 4) is 0 Å². The van der Waals surface area contributed by atoms with E-state index in [1.807, 2.05) is 0 Å². The van der Waals surface area contributed by atoms with Gasteiger partial charge in [0.1, 0.15) is 0 Å². The molecule has 0 spiro atoms. The molecule has 1 rings (SSSR count). The Morgan fingerprint density at radius 3 is 2.67 bits per heavy atom. The van der Waals surface area contributed by atoms with E-state index in [1.54, 1.807) is 7.05 Å². The number of hydrogen-bond acceptors (Lipinski definition) is 3. The van der Waals surface area contributed by atoms with Crippen LogP contribution in [0.15, 0.2) is 0 Å². The summed E-state index contributed by atoms with van der Waals surface area (Å²) < 4.78 is 0. The van der Waals surface area contributed by atoms with E-state index in [9.17, 15) is 4.79 Å². The van der Waals surface area contributed by atoms with E-state index in [-0.39, 0.29) is 5.91 Å². The number of amides is 1. The summed E-state index contributed by atoms with van der Waals surface area (Å²) in [5, 5.41) is 6.05. The van der Waals surface area contributed by atoms with Gasteiger partial charge in [-0.05, 0) is 38.9 Å². The monoisotopic (exact) mass is 213 g/mol. The number of rotatable bonds is 5. The molecule has 88 valence electrons. The molecule has 0 aromatic rings. The molecule has 0 aliphatic carbocycles. The average molecular weight is 213 g/mol. The summed E-state index contributed by atoms with van der Waals surface area (Å²) in [7, 11) is 1.70. The molecular weight excluding hydrogens is 190 g/mol. The largest absolute Gasteiger partial charge is 0.358 e. The molecular formula is C11H23N3O. The van der Waals surface area contributed by atoms with Gasteiger partial charge in [0.25, 0.3) is 0 Å². The van der Waals surface area contributed by atoms with Crippen molar-refractivity contribution in [2.75, 3.05) is 33.2 Å². The van der Waals surface area contributed by atoms with Crippen LogP contribution in [0, 0.1) is 0 Å². The van der Waals surface area contributed by atoms with Gasteiger partial charge in [0, 0.05) is 13.1 Å². The predicted octanol–water partition coefficient (Wildman–Crippen LogP) is 0.196. The Kier molecular flexibility index (Phi) is 5.65. The van der Waals surface area contributed by atoms with E-state index >= 15 is 0 Å². The van der Waals surface area contributed by atoms with E-state index in [0.717, 1.165) is 38.9 Å². The normalized spacial score (nSPS) is 18.1. The average Bonchev–Trinajstić information content (AvgIpc) is 2.29. The zero-order chi connectivity index (χ0) is 11.1.